The number of ether oxygens (including phenoxy) is 1. The maximum atomic E-state index is 13.1. The summed E-state index contributed by atoms with van der Waals surface area (Å²) in [4.78, 5) is 56.5. The number of nitrogens with one attached hydrogen (secondary N) is 1. The number of carboxylic acid groups (broad SMARTS) is 1. The lowest BCUT2D eigenvalue weighted by molar-refractivity contribution is -0.145. The van der Waals surface area contributed by atoms with Crippen molar-refractivity contribution in [1.29, 1.82) is 0 Å². The number of benzene rings is 3. The number of hydrogen-bond acceptors (Lipinski definition) is 6. The maximum Gasteiger partial charge on any atom is 0.407 e. The number of aliphatic carboxylic acids is 1. The summed E-state index contributed by atoms with van der Waals surface area (Å²) in [5.74, 6) is -2.01. The molecule has 1 aliphatic heterocycles. The minimum Gasteiger partial charge on any atom is -0.480 e. The van der Waals surface area contributed by atoms with Crippen molar-refractivity contribution in [3.63, 3.8) is 0 Å². The first-order valence-corrected chi connectivity index (χ1v) is 13.5. The van der Waals surface area contributed by atoms with Crippen LogP contribution in [0.2, 0.25) is 0 Å². The number of nitrogens with zero attached hydrogens (tertiary/aromatic N) is 3. The van der Waals surface area contributed by atoms with Crippen molar-refractivity contribution in [2.45, 2.75) is 12.8 Å². The average Bonchev–Trinajstić information content (AvgIpc) is 3.44. The van der Waals surface area contributed by atoms with E-state index in [9.17, 15) is 24.3 Å². The predicted molar refractivity (Wildman–Crippen MR) is 157 cm³/mol. The van der Waals surface area contributed by atoms with Crippen LogP contribution in [0.25, 0.3) is 17.2 Å². The lowest BCUT2D eigenvalue weighted by atomic mass is 9.98. The summed E-state index contributed by atoms with van der Waals surface area (Å²) in [6.07, 6.45) is 0.955. The van der Waals surface area contributed by atoms with Gasteiger partial charge in [0.25, 0.3) is 5.91 Å². The Morgan fingerprint density at radius 3 is 2.24 bits per heavy atom. The van der Waals surface area contributed by atoms with E-state index in [-0.39, 0.29) is 37.9 Å². The summed E-state index contributed by atoms with van der Waals surface area (Å²) in [6, 6.07) is 25.2. The van der Waals surface area contributed by atoms with Gasteiger partial charge in [-0.1, -0.05) is 78.9 Å². The molecular weight excluding hydrogens is 536 g/mol. The van der Waals surface area contributed by atoms with Crippen LogP contribution in [-0.4, -0.2) is 77.4 Å². The lowest BCUT2D eigenvalue weighted by Gasteiger charge is -2.24. The van der Waals surface area contributed by atoms with Crippen molar-refractivity contribution in [3.8, 4) is 11.1 Å². The lowest BCUT2D eigenvalue weighted by Crippen LogP contribution is -2.47. The smallest absolute Gasteiger partial charge is 0.407 e. The zero-order chi connectivity index (χ0) is 29.6. The molecule has 0 saturated heterocycles. The number of amidine groups is 1. The molecule has 3 aromatic carbocycles. The van der Waals surface area contributed by atoms with Crippen LogP contribution < -0.4 is 5.32 Å². The van der Waals surface area contributed by atoms with Crippen LogP contribution in [0.5, 0.6) is 0 Å². The number of aliphatic imine (C=N–C) groups is 1. The molecule has 3 amide bonds. The summed E-state index contributed by atoms with van der Waals surface area (Å²) in [5.41, 5.74) is 5.38. The van der Waals surface area contributed by atoms with Crippen LogP contribution in [0.3, 0.4) is 0 Å². The molecule has 0 saturated carbocycles. The molecule has 0 unspecified atom stereocenters. The molecule has 0 radical (unpaired) electrons. The highest BCUT2D eigenvalue weighted by Crippen LogP contribution is 2.44. The summed E-state index contributed by atoms with van der Waals surface area (Å²) in [7, 11) is 0. The maximum absolute atomic E-state index is 13.1. The van der Waals surface area contributed by atoms with E-state index in [1.165, 1.54) is 4.90 Å². The SMILES string of the molecule is CC1=N/C(=C\c2ccccc2)C(=O)N1CC(=O)N(CCNC(=O)OCC1c2ccccc2-c2ccccc21)CC(=O)O. The third-order valence-electron chi connectivity index (χ3n) is 7.21. The average molecular weight is 567 g/mol. The van der Waals surface area contributed by atoms with E-state index >= 15 is 0 Å². The third kappa shape index (κ3) is 6.22. The highest BCUT2D eigenvalue weighted by Gasteiger charge is 2.32. The largest absolute Gasteiger partial charge is 0.480 e. The van der Waals surface area contributed by atoms with Gasteiger partial charge in [-0.2, -0.15) is 0 Å². The molecule has 214 valence electrons. The minimum absolute atomic E-state index is 0.0319. The van der Waals surface area contributed by atoms with Crippen molar-refractivity contribution < 1.29 is 29.0 Å². The second-order valence-electron chi connectivity index (χ2n) is 9.95. The van der Waals surface area contributed by atoms with Crippen LogP contribution in [0.4, 0.5) is 4.79 Å². The molecule has 0 fully saturated rings. The number of fused-ring (bicyclic) bond motifs is 3. The van der Waals surface area contributed by atoms with Gasteiger partial charge in [-0.25, -0.2) is 9.79 Å². The molecule has 3 aromatic rings. The summed E-state index contributed by atoms with van der Waals surface area (Å²) >= 11 is 0. The van der Waals surface area contributed by atoms with Crippen molar-refractivity contribution >= 4 is 35.8 Å². The van der Waals surface area contributed by atoms with E-state index in [0.29, 0.717) is 5.84 Å². The molecule has 2 aliphatic rings. The fourth-order valence-electron chi connectivity index (χ4n) is 5.19. The first kappa shape index (κ1) is 28.3. The molecule has 0 spiro atoms. The van der Waals surface area contributed by atoms with Gasteiger partial charge in [0.2, 0.25) is 5.91 Å². The quantitative estimate of drug-likeness (QED) is 0.360. The van der Waals surface area contributed by atoms with E-state index in [1.54, 1.807) is 13.0 Å². The van der Waals surface area contributed by atoms with E-state index < -0.39 is 30.4 Å². The molecule has 10 nitrogen and oxygen atoms in total. The Bertz CT molecular complexity index is 1540. The second-order valence-corrected chi connectivity index (χ2v) is 9.95. The Hall–Kier alpha value is -5.25. The third-order valence-corrected chi connectivity index (χ3v) is 7.21. The summed E-state index contributed by atoms with van der Waals surface area (Å²) < 4.78 is 5.51. The van der Waals surface area contributed by atoms with E-state index in [1.807, 2.05) is 78.9 Å². The minimum atomic E-state index is -1.22. The van der Waals surface area contributed by atoms with Gasteiger partial charge < -0.3 is 20.1 Å². The Morgan fingerprint density at radius 1 is 0.976 bits per heavy atom. The Kier molecular flexibility index (Phi) is 8.42. The number of carboxylic acids is 1. The zero-order valence-corrected chi connectivity index (χ0v) is 23.0. The van der Waals surface area contributed by atoms with Crippen LogP contribution >= 0.6 is 0 Å². The number of hydrogen-bond donors (Lipinski definition) is 2. The van der Waals surface area contributed by atoms with E-state index in [2.05, 4.69) is 10.3 Å². The summed E-state index contributed by atoms with van der Waals surface area (Å²) in [5, 5.41) is 12.0. The Morgan fingerprint density at radius 2 is 1.60 bits per heavy atom. The summed E-state index contributed by atoms with van der Waals surface area (Å²) in [6.45, 7) is 0.661. The molecule has 42 heavy (non-hydrogen) atoms. The molecule has 0 atom stereocenters. The molecule has 5 rings (SSSR count). The fraction of sp³-hybridized carbons (Fsp3) is 0.219. The zero-order valence-electron chi connectivity index (χ0n) is 23.0. The standard InChI is InChI=1S/C32H30N4O6/c1-21-34-28(17-22-9-3-2-4-10-22)31(40)36(21)18-29(37)35(19-30(38)39)16-15-33-32(41)42-20-27-25-13-7-5-11-23(25)24-12-6-8-14-26(24)27/h2-14,17,27H,15-16,18-20H2,1H3,(H,33,41)(H,38,39)/b28-17-. The van der Waals surface area contributed by atoms with Gasteiger partial charge in [0.05, 0.1) is 0 Å². The molecule has 1 aliphatic carbocycles. The second kappa shape index (κ2) is 12.5. The molecular formula is C32H30N4O6. The van der Waals surface area contributed by atoms with Gasteiger partial charge in [-0.15, -0.1) is 0 Å². The highest BCUT2D eigenvalue weighted by molar-refractivity contribution is 6.15. The molecule has 1 heterocycles. The van der Waals surface area contributed by atoms with Gasteiger partial charge in [0, 0.05) is 19.0 Å². The van der Waals surface area contributed by atoms with E-state index in [0.717, 1.165) is 32.7 Å². The van der Waals surface area contributed by atoms with Gasteiger partial charge in [-0.3, -0.25) is 19.3 Å². The Labute approximate surface area is 242 Å². The van der Waals surface area contributed by atoms with Crippen LogP contribution in [0.15, 0.2) is 89.6 Å². The molecule has 2 N–H and O–H groups in total. The van der Waals surface area contributed by atoms with Crippen LogP contribution in [0.1, 0.15) is 29.5 Å². The normalized spacial score (nSPS) is 14.8. The number of alkyl carbamates (subject to hydrolysis) is 1. The molecule has 10 heteroatoms. The number of amides is 3. The predicted octanol–water partition coefficient (Wildman–Crippen LogP) is 3.74. The number of rotatable bonds is 10. The van der Waals surface area contributed by atoms with Crippen LogP contribution in [-0.2, 0) is 19.1 Å². The first-order valence-electron chi connectivity index (χ1n) is 13.5. The highest BCUT2D eigenvalue weighted by atomic mass is 16.5. The van der Waals surface area contributed by atoms with Crippen LogP contribution in [0, 0.1) is 0 Å². The van der Waals surface area contributed by atoms with Crippen molar-refractivity contribution in [2.75, 3.05) is 32.8 Å². The Balaban J connectivity index is 1.15. The van der Waals surface area contributed by atoms with Gasteiger partial charge in [0.15, 0.2) is 0 Å². The fourth-order valence-corrected chi connectivity index (χ4v) is 5.19. The molecule has 0 aromatic heterocycles. The first-order chi connectivity index (χ1) is 20.3. The van der Waals surface area contributed by atoms with Crippen molar-refractivity contribution in [1.82, 2.24) is 15.1 Å². The monoisotopic (exact) mass is 566 g/mol. The van der Waals surface area contributed by atoms with Gasteiger partial charge in [-0.05, 0) is 40.8 Å². The van der Waals surface area contributed by atoms with Gasteiger partial charge >= 0.3 is 12.1 Å². The molecule has 0 bridgehead atoms. The van der Waals surface area contributed by atoms with Crippen molar-refractivity contribution in [2.24, 2.45) is 4.99 Å². The van der Waals surface area contributed by atoms with Gasteiger partial charge in [0.1, 0.15) is 31.2 Å². The van der Waals surface area contributed by atoms with E-state index in [4.69, 9.17) is 4.74 Å². The van der Waals surface area contributed by atoms with Crippen molar-refractivity contribution in [3.05, 3.63) is 101 Å². The topological polar surface area (TPSA) is 129 Å². The number of carbonyl (C=O) groups is 4. The number of carbonyl (C=O) groups excluding carboxylic acids is 3.